The standard InChI is InChI=1S/C13H17NO4S/c1-19(17,18)8-10-2-4-11(5-3-10)12(16)14-13(9-15)6-7-13/h2-5,15H,6-9H2,1H3,(H,14,16). The van der Waals surface area contributed by atoms with E-state index < -0.39 is 15.4 Å². The van der Waals surface area contributed by atoms with Gasteiger partial charge in [0.25, 0.3) is 5.91 Å². The molecule has 0 spiro atoms. The van der Waals surface area contributed by atoms with Gasteiger partial charge in [-0.25, -0.2) is 8.42 Å². The maximum absolute atomic E-state index is 11.9. The summed E-state index contributed by atoms with van der Waals surface area (Å²) in [5.41, 5.74) is 0.682. The molecule has 1 aliphatic carbocycles. The molecule has 0 aromatic heterocycles. The number of carbonyl (C=O) groups excluding carboxylic acids is 1. The summed E-state index contributed by atoms with van der Waals surface area (Å²) < 4.78 is 22.3. The first kappa shape index (κ1) is 14.0. The summed E-state index contributed by atoms with van der Waals surface area (Å²) in [5.74, 6) is -0.271. The Bertz CT molecular complexity index is 573. The number of aliphatic hydroxyl groups is 1. The first-order chi connectivity index (χ1) is 8.84. The molecule has 104 valence electrons. The van der Waals surface area contributed by atoms with Gasteiger partial charge in [0.05, 0.1) is 17.9 Å². The maximum atomic E-state index is 11.9. The SMILES string of the molecule is CS(=O)(=O)Cc1ccc(C(=O)NC2(CO)CC2)cc1. The number of rotatable bonds is 5. The number of benzene rings is 1. The first-order valence-electron chi connectivity index (χ1n) is 6.04. The van der Waals surface area contributed by atoms with Crippen LogP contribution in [0.15, 0.2) is 24.3 Å². The molecule has 5 nitrogen and oxygen atoms in total. The van der Waals surface area contributed by atoms with E-state index in [9.17, 15) is 13.2 Å². The highest BCUT2D eigenvalue weighted by Gasteiger charge is 2.43. The van der Waals surface area contributed by atoms with Gasteiger partial charge in [0.15, 0.2) is 9.84 Å². The van der Waals surface area contributed by atoms with Crippen LogP contribution < -0.4 is 5.32 Å². The monoisotopic (exact) mass is 283 g/mol. The van der Waals surface area contributed by atoms with Crippen LogP contribution in [0, 0.1) is 0 Å². The Kier molecular flexibility index (Phi) is 3.64. The summed E-state index contributed by atoms with van der Waals surface area (Å²) in [6.45, 7) is -0.0507. The highest BCUT2D eigenvalue weighted by molar-refractivity contribution is 7.89. The van der Waals surface area contributed by atoms with Gasteiger partial charge in [0.2, 0.25) is 0 Å². The normalized spacial score (nSPS) is 16.9. The summed E-state index contributed by atoms with van der Waals surface area (Å²) in [7, 11) is -3.07. The molecule has 2 rings (SSSR count). The molecule has 2 N–H and O–H groups in total. The van der Waals surface area contributed by atoms with Crippen molar-refractivity contribution in [2.24, 2.45) is 0 Å². The van der Waals surface area contributed by atoms with Crippen molar-refractivity contribution in [3.63, 3.8) is 0 Å². The Hall–Kier alpha value is -1.40. The summed E-state index contributed by atoms with van der Waals surface area (Å²) >= 11 is 0. The van der Waals surface area contributed by atoms with Crippen molar-refractivity contribution >= 4 is 15.7 Å². The minimum atomic E-state index is -3.07. The predicted molar refractivity (Wildman–Crippen MR) is 71.5 cm³/mol. The summed E-state index contributed by atoms with van der Waals surface area (Å²) in [5, 5.41) is 11.9. The van der Waals surface area contributed by atoms with Crippen LogP contribution in [0.1, 0.15) is 28.8 Å². The maximum Gasteiger partial charge on any atom is 0.251 e. The molecule has 1 saturated carbocycles. The number of amides is 1. The Morgan fingerprint density at radius 2 is 1.89 bits per heavy atom. The van der Waals surface area contributed by atoms with E-state index in [1.807, 2.05) is 0 Å². The summed E-state index contributed by atoms with van der Waals surface area (Å²) in [4.78, 5) is 11.9. The Morgan fingerprint density at radius 1 is 1.32 bits per heavy atom. The lowest BCUT2D eigenvalue weighted by atomic mass is 10.1. The number of carbonyl (C=O) groups is 1. The Morgan fingerprint density at radius 3 is 2.32 bits per heavy atom. The highest BCUT2D eigenvalue weighted by Crippen LogP contribution is 2.34. The van der Waals surface area contributed by atoms with E-state index in [1.54, 1.807) is 24.3 Å². The van der Waals surface area contributed by atoms with Crippen LogP contribution in [0.25, 0.3) is 0 Å². The molecule has 0 atom stereocenters. The molecular weight excluding hydrogens is 266 g/mol. The van der Waals surface area contributed by atoms with Crippen molar-refractivity contribution in [3.05, 3.63) is 35.4 Å². The molecule has 1 amide bonds. The van der Waals surface area contributed by atoms with Crippen molar-refractivity contribution in [2.75, 3.05) is 12.9 Å². The molecule has 0 aliphatic heterocycles. The van der Waals surface area contributed by atoms with Crippen LogP contribution in [0.5, 0.6) is 0 Å². The fourth-order valence-electron chi connectivity index (χ4n) is 1.84. The van der Waals surface area contributed by atoms with E-state index in [-0.39, 0.29) is 18.3 Å². The number of nitrogens with one attached hydrogen (secondary N) is 1. The van der Waals surface area contributed by atoms with Gasteiger partial charge in [-0.05, 0) is 30.5 Å². The third-order valence-corrected chi connectivity index (χ3v) is 4.04. The third kappa shape index (κ3) is 3.78. The molecule has 1 aliphatic rings. The van der Waals surface area contributed by atoms with E-state index >= 15 is 0 Å². The molecular formula is C13H17NO4S. The fourth-order valence-corrected chi connectivity index (χ4v) is 2.64. The van der Waals surface area contributed by atoms with Gasteiger partial charge in [-0.1, -0.05) is 12.1 Å². The Balaban J connectivity index is 2.04. The van der Waals surface area contributed by atoms with Crippen LogP contribution >= 0.6 is 0 Å². The van der Waals surface area contributed by atoms with Gasteiger partial charge in [0.1, 0.15) is 0 Å². The quantitative estimate of drug-likeness (QED) is 0.823. The molecule has 19 heavy (non-hydrogen) atoms. The topological polar surface area (TPSA) is 83.5 Å². The van der Waals surface area contributed by atoms with Crippen molar-refractivity contribution in [3.8, 4) is 0 Å². The first-order valence-corrected chi connectivity index (χ1v) is 8.10. The van der Waals surface area contributed by atoms with Crippen LogP contribution in [0.4, 0.5) is 0 Å². The smallest absolute Gasteiger partial charge is 0.251 e. The Labute approximate surface area is 112 Å². The average Bonchev–Trinajstić information content (AvgIpc) is 3.08. The number of hydrogen-bond acceptors (Lipinski definition) is 4. The minimum Gasteiger partial charge on any atom is -0.394 e. The van der Waals surface area contributed by atoms with Crippen LogP contribution in [0.3, 0.4) is 0 Å². The van der Waals surface area contributed by atoms with E-state index in [0.717, 1.165) is 12.8 Å². The molecule has 0 radical (unpaired) electrons. The summed E-state index contributed by atoms with van der Waals surface area (Å²) in [6.07, 6.45) is 2.76. The van der Waals surface area contributed by atoms with Crippen LogP contribution in [-0.4, -0.2) is 37.8 Å². The van der Waals surface area contributed by atoms with E-state index in [0.29, 0.717) is 11.1 Å². The molecule has 0 saturated heterocycles. The van der Waals surface area contributed by atoms with Gasteiger partial charge in [-0.2, -0.15) is 0 Å². The van der Waals surface area contributed by atoms with Gasteiger partial charge >= 0.3 is 0 Å². The van der Waals surface area contributed by atoms with E-state index in [1.165, 1.54) is 6.26 Å². The third-order valence-electron chi connectivity index (χ3n) is 3.18. The van der Waals surface area contributed by atoms with Crippen LogP contribution in [0.2, 0.25) is 0 Å². The largest absolute Gasteiger partial charge is 0.394 e. The zero-order chi connectivity index (χ0) is 14.1. The lowest BCUT2D eigenvalue weighted by Gasteiger charge is -2.14. The second-order valence-corrected chi connectivity index (χ2v) is 7.30. The molecule has 0 unspecified atom stereocenters. The number of hydrogen-bond donors (Lipinski definition) is 2. The lowest BCUT2D eigenvalue weighted by molar-refractivity contribution is 0.0907. The van der Waals surface area contributed by atoms with E-state index in [4.69, 9.17) is 5.11 Å². The number of aliphatic hydroxyl groups excluding tert-OH is 1. The highest BCUT2D eigenvalue weighted by atomic mass is 32.2. The van der Waals surface area contributed by atoms with Gasteiger partial charge < -0.3 is 10.4 Å². The predicted octanol–water partition coefficient (Wildman–Crippen LogP) is 0.486. The van der Waals surface area contributed by atoms with Gasteiger partial charge in [-0.3, -0.25) is 4.79 Å². The van der Waals surface area contributed by atoms with Gasteiger partial charge in [0, 0.05) is 11.8 Å². The molecule has 0 bridgehead atoms. The van der Waals surface area contributed by atoms with Crippen molar-refractivity contribution in [2.45, 2.75) is 24.1 Å². The zero-order valence-electron chi connectivity index (χ0n) is 10.7. The minimum absolute atomic E-state index is 0.0323. The van der Waals surface area contributed by atoms with E-state index in [2.05, 4.69) is 5.32 Å². The fraction of sp³-hybridized carbons (Fsp3) is 0.462. The average molecular weight is 283 g/mol. The number of sulfone groups is 1. The van der Waals surface area contributed by atoms with Crippen molar-refractivity contribution < 1.29 is 18.3 Å². The second kappa shape index (κ2) is 4.94. The molecule has 1 aromatic carbocycles. The van der Waals surface area contributed by atoms with Crippen molar-refractivity contribution in [1.29, 1.82) is 0 Å². The second-order valence-electron chi connectivity index (χ2n) is 5.16. The van der Waals surface area contributed by atoms with Gasteiger partial charge in [-0.15, -0.1) is 0 Å². The molecule has 0 heterocycles. The summed E-state index contributed by atoms with van der Waals surface area (Å²) in [6, 6.07) is 6.47. The molecule has 6 heteroatoms. The lowest BCUT2D eigenvalue weighted by Crippen LogP contribution is -2.39. The zero-order valence-corrected chi connectivity index (χ0v) is 11.5. The van der Waals surface area contributed by atoms with Crippen LogP contribution in [-0.2, 0) is 15.6 Å². The van der Waals surface area contributed by atoms with Crippen molar-refractivity contribution in [1.82, 2.24) is 5.32 Å². The molecule has 1 fully saturated rings. The molecule has 1 aromatic rings.